The Morgan fingerprint density at radius 3 is 2.42 bits per heavy atom. The van der Waals surface area contributed by atoms with Crippen molar-refractivity contribution in [2.75, 3.05) is 5.32 Å². The Morgan fingerprint density at radius 1 is 1.11 bits per heavy atom. The maximum atomic E-state index is 11.3. The fourth-order valence-corrected chi connectivity index (χ4v) is 2.00. The predicted molar refractivity (Wildman–Crippen MR) is 80.1 cm³/mol. The largest absolute Gasteiger partial charge is 0.326 e. The highest BCUT2D eigenvalue weighted by Gasteiger charge is 2.09. The number of carbonyl (C=O) groups excluding carboxylic acids is 1. The van der Waals surface area contributed by atoms with Gasteiger partial charge in [-0.15, -0.1) is 0 Å². The van der Waals surface area contributed by atoms with Crippen LogP contribution in [0.15, 0.2) is 55.1 Å². The molecule has 0 heterocycles. The van der Waals surface area contributed by atoms with Crippen LogP contribution in [0.3, 0.4) is 0 Å². The lowest BCUT2D eigenvalue weighted by Gasteiger charge is -2.13. The summed E-state index contributed by atoms with van der Waals surface area (Å²) in [6, 6.07) is 15.9. The molecule has 0 spiro atoms. The number of rotatable bonds is 3. The quantitative estimate of drug-likeness (QED) is 0.877. The first-order valence-electron chi connectivity index (χ1n) is 6.21. The molecule has 0 bridgehead atoms. The number of nitrogens with one attached hydrogen (secondary N) is 1. The highest BCUT2D eigenvalue weighted by atomic mass is 16.1. The molecule has 0 saturated heterocycles. The van der Waals surface area contributed by atoms with Crippen LogP contribution >= 0.6 is 0 Å². The van der Waals surface area contributed by atoms with Gasteiger partial charge < -0.3 is 5.32 Å². The summed E-state index contributed by atoms with van der Waals surface area (Å²) in [4.78, 5) is 11.3. The summed E-state index contributed by atoms with van der Waals surface area (Å²) in [5, 5.41) is 2.85. The van der Waals surface area contributed by atoms with Crippen molar-refractivity contribution < 1.29 is 4.79 Å². The van der Waals surface area contributed by atoms with E-state index in [1.54, 1.807) is 0 Å². The molecular formula is C17H17NO. The van der Waals surface area contributed by atoms with Crippen LogP contribution in [0.5, 0.6) is 0 Å². The van der Waals surface area contributed by atoms with Crippen molar-refractivity contribution in [3.8, 4) is 0 Å². The number of carbonyl (C=O) groups is 1. The first-order chi connectivity index (χ1) is 9.08. The van der Waals surface area contributed by atoms with Crippen LogP contribution < -0.4 is 5.32 Å². The van der Waals surface area contributed by atoms with Crippen LogP contribution in [0.1, 0.15) is 23.6 Å². The van der Waals surface area contributed by atoms with Crippen molar-refractivity contribution in [3.63, 3.8) is 0 Å². The number of aryl methyl sites for hydroxylation is 1. The predicted octanol–water partition coefficient (Wildman–Crippen LogP) is 4.01. The van der Waals surface area contributed by atoms with E-state index < -0.39 is 0 Å². The second-order valence-electron chi connectivity index (χ2n) is 4.57. The van der Waals surface area contributed by atoms with Gasteiger partial charge in [0.2, 0.25) is 5.91 Å². The molecule has 0 aliphatic rings. The lowest BCUT2D eigenvalue weighted by atomic mass is 9.96. The standard InChI is InChI=1S/C17H17NO/c1-12-9-10-17(18-14(3)19)16(11-12)13(2)15-7-5-4-6-8-15/h4-11H,2H2,1,3H3,(H,18,19). The topological polar surface area (TPSA) is 29.1 Å². The van der Waals surface area contributed by atoms with Gasteiger partial charge in [0.25, 0.3) is 0 Å². The van der Waals surface area contributed by atoms with Gasteiger partial charge >= 0.3 is 0 Å². The third-order valence-electron chi connectivity index (χ3n) is 2.93. The van der Waals surface area contributed by atoms with Crippen LogP contribution in [0.4, 0.5) is 5.69 Å². The Labute approximate surface area is 113 Å². The van der Waals surface area contributed by atoms with Gasteiger partial charge in [-0.05, 0) is 30.2 Å². The lowest BCUT2D eigenvalue weighted by molar-refractivity contribution is -0.114. The van der Waals surface area contributed by atoms with Crippen molar-refractivity contribution in [2.45, 2.75) is 13.8 Å². The molecule has 0 aliphatic carbocycles. The Bertz CT molecular complexity index is 614. The van der Waals surface area contributed by atoms with E-state index >= 15 is 0 Å². The zero-order valence-corrected chi connectivity index (χ0v) is 11.2. The first kappa shape index (κ1) is 13.1. The second kappa shape index (κ2) is 5.53. The fraction of sp³-hybridized carbons (Fsp3) is 0.118. The molecule has 96 valence electrons. The number of benzene rings is 2. The van der Waals surface area contributed by atoms with E-state index in [2.05, 4.69) is 11.9 Å². The molecular weight excluding hydrogens is 234 g/mol. The minimum Gasteiger partial charge on any atom is -0.326 e. The molecule has 0 saturated carbocycles. The molecule has 0 aliphatic heterocycles. The van der Waals surface area contributed by atoms with E-state index in [-0.39, 0.29) is 5.91 Å². The van der Waals surface area contributed by atoms with Gasteiger partial charge in [0.1, 0.15) is 0 Å². The molecule has 0 radical (unpaired) electrons. The van der Waals surface area contributed by atoms with E-state index in [0.29, 0.717) is 0 Å². The molecule has 2 nitrogen and oxygen atoms in total. The number of anilines is 1. The lowest BCUT2D eigenvalue weighted by Crippen LogP contribution is -2.08. The Balaban J connectivity index is 2.45. The molecule has 0 atom stereocenters. The average molecular weight is 251 g/mol. The third kappa shape index (κ3) is 3.10. The summed E-state index contributed by atoms with van der Waals surface area (Å²) in [6.07, 6.45) is 0. The van der Waals surface area contributed by atoms with Gasteiger partial charge in [-0.2, -0.15) is 0 Å². The van der Waals surface area contributed by atoms with Crippen LogP contribution in [-0.2, 0) is 4.79 Å². The molecule has 0 aromatic heterocycles. The average Bonchev–Trinajstić information content (AvgIpc) is 2.40. The highest BCUT2D eigenvalue weighted by Crippen LogP contribution is 2.29. The molecule has 1 N–H and O–H groups in total. The molecule has 19 heavy (non-hydrogen) atoms. The van der Waals surface area contributed by atoms with Crippen molar-refractivity contribution in [1.82, 2.24) is 0 Å². The highest BCUT2D eigenvalue weighted by molar-refractivity contribution is 5.94. The zero-order chi connectivity index (χ0) is 13.8. The molecule has 2 aromatic carbocycles. The van der Waals surface area contributed by atoms with Gasteiger partial charge in [0.15, 0.2) is 0 Å². The minimum absolute atomic E-state index is 0.0778. The summed E-state index contributed by atoms with van der Waals surface area (Å²) < 4.78 is 0. The molecule has 0 fully saturated rings. The number of amides is 1. The van der Waals surface area contributed by atoms with E-state index in [9.17, 15) is 4.79 Å². The number of hydrogen-bond donors (Lipinski definition) is 1. The van der Waals surface area contributed by atoms with Gasteiger partial charge in [0.05, 0.1) is 0 Å². The normalized spacial score (nSPS) is 10.0. The van der Waals surface area contributed by atoms with Crippen molar-refractivity contribution in [2.24, 2.45) is 0 Å². The van der Waals surface area contributed by atoms with Gasteiger partial charge in [0, 0.05) is 18.2 Å². The minimum atomic E-state index is -0.0778. The SMILES string of the molecule is C=C(c1ccccc1)c1cc(C)ccc1NC(C)=O. The Kier molecular flexibility index (Phi) is 3.81. The van der Waals surface area contributed by atoms with Gasteiger partial charge in [-0.3, -0.25) is 4.79 Å². The summed E-state index contributed by atoms with van der Waals surface area (Å²) in [5.74, 6) is -0.0778. The van der Waals surface area contributed by atoms with Crippen molar-refractivity contribution >= 4 is 17.2 Å². The summed E-state index contributed by atoms with van der Waals surface area (Å²) >= 11 is 0. The summed E-state index contributed by atoms with van der Waals surface area (Å²) in [7, 11) is 0. The van der Waals surface area contributed by atoms with E-state index in [1.165, 1.54) is 6.92 Å². The van der Waals surface area contributed by atoms with E-state index in [0.717, 1.165) is 28.0 Å². The maximum Gasteiger partial charge on any atom is 0.221 e. The monoisotopic (exact) mass is 251 g/mol. The summed E-state index contributed by atoms with van der Waals surface area (Å²) in [6.45, 7) is 7.69. The fourth-order valence-electron chi connectivity index (χ4n) is 2.00. The molecule has 2 heteroatoms. The first-order valence-corrected chi connectivity index (χ1v) is 6.21. The molecule has 2 rings (SSSR count). The maximum absolute atomic E-state index is 11.3. The van der Waals surface area contributed by atoms with Crippen molar-refractivity contribution in [1.29, 1.82) is 0 Å². The smallest absolute Gasteiger partial charge is 0.221 e. The van der Waals surface area contributed by atoms with E-state index in [1.807, 2.05) is 55.5 Å². The zero-order valence-electron chi connectivity index (χ0n) is 11.2. The Hall–Kier alpha value is -2.35. The second-order valence-corrected chi connectivity index (χ2v) is 4.57. The van der Waals surface area contributed by atoms with Crippen molar-refractivity contribution in [3.05, 3.63) is 71.8 Å². The van der Waals surface area contributed by atoms with Crippen LogP contribution in [0, 0.1) is 6.92 Å². The molecule has 2 aromatic rings. The summed E-state index contributed by atoms with van der Waals surface area (Å²) in [5.41, 5.74) is 4.86. The van der Waals surface area contributed by atoms with Crippen LogP contribution in [0.25, 0.3) is 5.57 Å². The van der Waals surface area contributed by atoms with Crippen LogP contribution in [0.2, 0.25) is 0 Å². The molecule has 0 unspecified atom stereocenters. The van der Waals surface area contributed by atoms with E-state index in [4.69, 9.17) is 0 Å². The van der Waals surface area contributed by atoms with Crippen LogP contribution in [-0.4, -0.2) is 5.91 Å². The van der Waals surface area contributed by atoms with Gasteiger partial charge in [-0.1, -0.05) is 48.5 Å². The van der Waals surface area contributed by atoms with Gasteiger partial charge in [-0.25, -0.2) is 0 Å². The third-order valence-corrected chi connectivity index (χ3v) is 2.93. The number of hydrogen-bond acceptors (Lipinski definition) is 1. The molecule has 1 amide bonds. The Morgan fingerprint density at radius 2 is 1.79 bits per heavy atom.